The number of benzene rings is 2. The second-order valence-electron chi connectivity index (χ2n) is 6.66. The minimum atomic E-state index is -0.220. The zero-order valence-electron chi connectivity index (χ0n) is 15.2. The first-order valence-electron chi connectivity index (χ1n) is 8.92. The van der Waals surface area contributed by atoms with E-state index in [-0.39, 0.29) is 17.9 Å². The van der Waals surface area contributed by atoms with Crippen LogP contribution in [0.25, 0.3) is 0 Å². The molecule has 1 aliphatic heterocycles. The highest BCUT2D eigenvalue weighted by Gasteiger charge is 2.19. The van der Waals surface area contributed by atoms with Crippen molar-refractivity contribution in [3.05, 3.63) is 64.7 Å². The highest BCUT2D eigenvalue weighted by molar-refractivity contribution is 6.09. The Morgan fingerprint density at radius 3 is 2.62 bits per heavy atom. The molecule has 0 spiro atoms. The van der Waals surface area contributed by atoms with Crippen LogP contribution in [0.5, 0.6) is 0 Å². The molecule has 1 atom stereocenters. The molecule has 5 heteroatoms. The van der Waals surface area contributed by atoms with Crippen LogP contribution < -0.4 is 10.6 Å². The number of rotatable bonds is 5. The van der Waals surface area contributed by atoms with E-state index in [1.807, 2.05) is 26.0 Å². The topological polar surface area (TPSA) is 67.4 Å². The summed E-state index contributed by atoms with van der Waals surface area (Å²) in [4.78, 5) is 25.2. The highest BCUT2D eigenvalue weighted by atomic mass is 16.5. The van der Waals surface area contributed by atoms with Gasteiger partial charge in [0.25, 0.3) is 11.8 Å². The number of anilines is 1. The average Bonchev–Trinajstić information content (AvgIpc) is 3.13. The van der Waals surface area contributed by atoms with Crippen molar-refractivity contribution in [2.24, 2.45) is 0 Å². The number of hydrogen-bond donors (Lipinski definition) is 2. The van der Waals surface area contributed by atoms with E-state index in [1.54, 1.807) is 30.3 Å². The molecule has 1 fully saturated rings. The number of amides is 2. The number of carbonyl (C=O) groups is 2. The molecule has 0 unspecified atom stereocenters. The maximum atomic E-state index is 12.6. The molecule has 0 aliphatic carbocycles. The summed E-state index contributed by atoms with van der Waals surface area (Å²) in [6, 6.07) is 12.7. The second-order valence-corrected chi connectivity index (χ2v) is 6.66. The molecule has 2 N–H and O–H groups in total. The zero-order chi connectivity index (χ0) is 18.5. The smallest absolute Gasteiger partial charge is 0.255 e. The van der Waals surface area contributed by atoms with Gasteiger partial charge in [0.05, 0.1) is 17.4 Å². The van der Waals surface area contributed by atoms with Crippen molar-refractivity contribution in [3.8, 4) is 0 Å². The lowest BCUT2D eigenvalue weighted by Crippen LogP contribution is -2.32. The van der Waals surface area contributed by atoms with Crippen molar-refractivity contribution >= 4 is 17.5 Å². The molecular formula is C21H24N2O3. The number of nitrogens with one attached hydrogen (secondary N) is 2. The van der Waals surface area contributed by atoms with Gasteiger partial charge in [-0.15, -0.1) is 0 Å². The fourth-order valence-electron chi connectivity index (χ4n) is 3.16. The Morgan fingerprint density at radius 1 is 1.08 bits per heavy atom. The van der Waals surface area contributed by atoms with E-state index >= 15 is 0 Å². The van der Waals surface area contributed by atoms with E-state index in [4.69, 9.17) is 4.74 Å². The molecular weight excluding hydrogens is 328 g/mol. The summed E-state index contributed by atoms with van der Waals surface area (Å²) in [6.45, 7) is 5.13. The number of aryl methyl sites for hydroxylation is 2. The van der Waals surface area contributed by atoms with Crippen LogP contribution >= 0.6 is 0 Å². The zero-order valence-corrected chi connectivity index (χ0v) is 15.2. The van der Waals surface area contributed by atoms with Gasteiger partial charge in [0, 0.05) is 18.7 Å². The summed E-state index contributed by atoms with van der Waals surface area (Å²) in [5.41, 5.74) is 3.56. The lowest BCUT2D eigenvalue weighted by atomic mass is 10.0. The van der Waals surface area contributed by atoms with Crippen molar-refractivity contribution in [1.29, 1.82) is 0 Å². The summed E-state index contributed by atoms with van der Waals surface area (Å²) in [5, 5.41) is 5.76. The van der Waals surface area contributed by atoms with Crippen LogP contribution in [0.4, 0.5) is 5.69 Å². The van der Waals surface area contributed by atoms with Gasteiger partial charge < -0.3 is 15.4 Å². The second kappa shape index (κ2) is 8.15. The summed E-state index contributed by atoms with van der Waals surface area (Å²) < 4.78 is 5.53. The van der Waals surface area contributed by atoms with Crippen LogP contribution in [0.2, 0.25) is 0 Å². The van der Waals surface area contributed by atoms with Crippen molar-refractivity contribution < 1.29 is 14.3 Å². The molecule has 0 bridgehead atoms. The minimum Gasteiger partial charge on any atom is -0.376 e. The number of hydrogen-bond acceptors (Lipinski definition) is 3. The molecule has 136 valence electrons. The Morgan fingerprint density at radius 2 is 1.88 bits per heavy atom. The van der Waals surface area contributed by atoms with Crippen LogP contribution in [0.3, 0.4) is 0 Å². The van der Waals surface area contributed by atoms with Crippen molar-refractivity contribution in [3.63, 3.8) is 0 Å². The summed E-state index contributed by atoms with van der Waals surface area (Å²) in [7, 11) is 0. The van der Waals surface area contributed by atoms with E-state index in [2.05, 4.69) is 10.6 Å². The Labute approximate surface area is 153 Å². The van der Waals surface area contributed by atoms with Crippen LogP contribution in [0.1, 0.15) is 44.7 Å². The molecule has 2 amide bonds. The molecule has 1 saturated heterocycles. The first-order chi connectivity index (χ1) is 12.5. The van der Waals surface area contributed by atoms with Gasteiger partial charge >= 0.3 is 0 Å². The molecule has 0 radical (unpaired) electrons. The SMILES string of the molecule is Cc1ccc(C(=O)Nc2ccccc2C(=O)NC[C@H]2CCCO2)c(C)c1. The van der Waals surface area contributed by atoms with E-state index in [0.29, 0.717) is 23.4 Å². The maximum Gasteiger partial charge on any atom is 0.255 e. The van der Waals surface area contributed by atoms with Gasteiger partial charge in [-0.1, -0.05) is 29.8 Å². The molecule has 5 nitrogen and oxygen atoms in total. The summed E-state index contributed by atoms with van der Waals surface area (Å²) >= 11 is 0. The molecule has 0 saturated carbocycles. The lowest BCUT2D eigenvalue weighted by molar-refractivity contribution is 0.0858. The van der Waals surface area contributed by atoms with Gasteiger partial charge in [0.2, 0.25) is 0 Å². The predicted octanol–water partition coefficient (Wildman–Crippen LogP) is 3.46. The molecule has 3 rings (SSSR count). The van der Waals surface area contributed by atoms with E-state index in [0.717, 1.165) is 30.6 Å². The minimum absolute atomic E-state index is 0.0795. The van der Waals surface area contributed by atoms with Gasteiger partial charge in [-0.05, 0) is 50.5 Å². The Bertz CT molecular complexity index is 811. The number of ether oxygens (including phenoxy) is 1. The third-order valence-corrected chi connectivity index (χ3v) is 4.56. The quantitative estimate of drug-likeness (QED) is 0.866. The van der Waals surface area contributed by atoms with Crippen molar-refractivity contribution in [2.45, 2.75) is 32.8 Å². The van der Waals surface area contributed by atoms with Crippen LogP contribution in [0, 0.1) is 13.8 Å². The first kappa shape index (κ1) is 18.1. The Kier molecular flexibility index (Phi) is 5.68. The molecule has 1 aliphatic rings. The number of para-hydroxylation sites is 1. The molecule has 1 heterocycles. The van der Waals surface area contributed by atoms with Crippen LogP contribution in [0.15, 0.2) is 42.5 Å². The summed E-state index contributed by atoms with van der Waals surface area (Å²) in [5.74, 6) is -0.432. The molecule has 2 aromatic rings. The molecule has 2 aromatic carbocycles. The monoisotopic (exact) mass is 352 g/mol. The highest BCUT2D eigenvalue weighted by Crippen LogP contribution is 2.18. The van der Waals surface area contributed by atoms with Crippen LogP contribution in [-0.2, 0) is 4.74 Å². The van der Waals surface area contributed by atoms with E-state index < -0.39 is 0 Å². The number of carbonyl (C=O) groups excluding carboxylic acids is 2. The van der Waals surface area contributed by atoms with Crippen LogP contribution in [-0.4, -0.2) is 31.1 Å². The average molecular weight is 352 g/mol. The third kappa shape index (κ3) is 4.29. The van der Waals surface area contributed by atoms with Gasteiger partial charge in [0.1, 0.15) is 0 Å². The molecule has 26 heavy (non-hydrogen) atoms. The fraction of sp³-hybridized carbons (Fsp3) is 0.333. The van der Waals surface area contributed by atoms with E-state index in [1.165, 1.54) is 0 Å². The summed E-state index contributed by atoms with van der Waals surface area (Å²) in [6.07, 6.45) is 2.07. The largest absolute Gasteiger partial charge is 0.376 e. The van der Waals surface area contributed by atoms with Gasteiger partial charge in [-0.25, -0.2) is 0 Å². The van der Waals surface area contributed by atoms with Gasteiger partial charge in [0.15, 0.2) is 0 Å². The lowest BCUT2D eigenvalue weighted by Gasteiger charge is -2.14. The Balaban J connectivity index is 1.71. The first-order valence-corrected chi connectivity index (χ1v) is 8.92. The normalized spacial score (nSPS) is 16.3. The Hall–Kier alpha value is -2.66. The molecule has 0 aromatic heterocycles. The maximum absolute atomic E-state index is 12.6. The van der Waals surface area contributed by atoms with Gasteiger partial charge in [-0.3, -0.25) is 9.59 Å². The standard InChI is InChI=1S/C21H24N2O3/c1-14-9-10-17(15(2)12-14)21(25)23-19-8-4-3-7-18(19)20(24)22-13-16-6-5-11-26-16/h3-4,7-10,12,16H,5-6,11,13H2,1-2H3,(H,22,24)(H,23,25)/t16-/m1/s1. The van der Waals surface area contributed by atoms with E-state index in [9.17, 15) is 9.59 Å². The third-order valence-electron chi connectivity index (χ3n) is 4.56. The van der Waals surface area contributed by atoms with Crippen molar-refractivity contribution in [1.82, 2.24) is 5.32 Å². The van der Waals surface area contributed by atoms with Crippen molar-refractivity contribution in [2.75, 3.05) is 18.5 Å². The van der Waals surface area contributed by atoms with Gasteiger partial charge in [-0.2, -0.15) is 0 Å². The predicted molar refractivity (Wildman–Crippen MR) is 102 cm³/mol. The fourth-order valence-corrected chi connectivity index (χ4v) is 3.16.